The monoisotopic (exact) mass is 540 g/mol. The van der Waals surface area contributed by atoms with Crippen LogP contribution in [-0.4, -0.2) is 47.9 Å². The van der Waals surface area contributed by atoms with Crippen molar-refractivity contribution in [3.05, 3.63) is 60.2 Å². The third kappa shape index (κ3) is 7.39. The van der Waals surface area contributed by atoms with Crippen LogP contribution in [0.25, 0.3) is 11.4 Å². The molecule has 8 nitrogen and oxygen atoms in total. The van der Waals surface area contributed by atoms with Crippen LogP contribution in [0.3, 0.4) is 0 Å². The molecule has 2 aromatic carbocycles. The smallest absolute Gasteiger partial charge is 0.191 e. The van der Waals surface area contributed by atoms with Crippen LogP contribution in [0, 0.1) is 5.82 Å². The first-order valence-electron chi connectivity index (χ1n) is 9.50. The predicted octanol–water partition coefficient (Wildman–Crippen LogP) is 3.37. The maximum absolute atomic E-state index is 13.0. The second-order valence-corrected chi connectivity index (χ2v) is 6.52. The van der Waals surface area contributed by atoms with Crippen molar-refractivity contribution >= 4 is 29.9 Å². The second-order valence-electron chi connectivity index (χ2n) is 6.52. The zero-order chi connectivity index (χ0) is 21.3. The summed E-state index contributed by atoms with van der Waals surface area (Å²) in [4.78, 5) is 8.68. The van der Waals surface area contributed by atoms with Crippen LogP contribution in [0.5, 0.6) is 11.5 Å². The number of H-pyrrole nitrogens is 1. The van der Waals surface area contributed by atoms with Gasteiger partial charge in [0.2, 0.25) is 0 Å². The highest BCUT2D eigenvalue weighted by atomic mass is 127. The second kappa shape index (κ2) is 12.1. The van der Waals surface area contributed by atoms with E-state index in [1.807, 2.05) is 31.2 Å². The molecule has 3 aromatic rings. The molecule has 1 atom stereocenters. The van der Waals surface area contributed by atoms with E-state index in [-0.39, 0.29) is 35.9 Å². The Morgan fingerprint density at radius 2 is 1.77 bits per heavy atom. The number of rotatable bonds is 8. The molecule has 0 aliphatic rings. The van der Waals surface area contributed by atoms with E-state index in [9.17, 15) is 4.39 Å². The van der Waals surface area contributed by atoms with E-state index in [4.69, 9.17) is 9.47 Å². The number of halogens is 2. The first kappa shape index (κ1) is 24.4. The van der Waals surface area contributed by atoms with Crippen molar-refractivity contribution < 1.29 is 13.9 Å². The molecule has 1 unspecified atom stereocenters. The Morgan fingerprint density at radius 3 is 2.42 bits per heavy atom. The summed E-state index contributed by atoms with van der Waals surface area (Å²) in [6.45, 7) is 2.86. The van der Waals surface area contributed by atoms with Gasteiger partial charge in [0, 0.05) is 12.6 Å². The van der Waals surface area contributed by atoms with Gasteiger partial charge in [0.15, 0.2) is 11.8 Å². The number of aromatic amines is 1. The third-order valence-corrected chi connectivity index (χ3v) is 4.23. The fraction of sp³-hybridized carbons (Fsp3) is 0.286. The summed E-state index contributed by atoms with van der Waals surface area (Å²) in [6, 6.07) is 13.5. The number of benzene rings is 2. The van der Waals surface area contributed by atoms with Crippen molar-refractivity contribution in [1.29, 1.82) is 0 Å². The van der Waals surface area contributed by atoms with Gasteiger partial charge in [0.25, 0.3) is 0 Å². The number of aliphatic imine (C=N–C) groups is 1. The maximum atomic E-state index is 13.0. The highest BCUT2D eigenvalue weighted by Gasteiger charge is 2.09. The number of guanidine groups is 1. The summed E-state index contributed by atoms with van der Waals surface area (Å²) >= 11 is 0. The Morgan fingerprint density at radius 1 is 1.10 bits per heavy atom. The lowest BCUT2D eigenvalue weighted by atomic mass is 10.2. The van der Waals surface area contributed by atoms with Crippen molar-refractivity contribution in [2.75, 3.05) is 20.7 Å². The highest BCUT2D eigenvalue weighted by Crippen LogP contribution is 2.18. The molecule has 166 valence electrons. The van der Waals surface area contributed by atoms with Crippen molar-refractivity contribution in [2.24, 2.45) is 4.99 Å². The summed E-state index contributed by atoms with van der Waals surface area (Å²) in [5.74, 6) is 3.00. The lowest BCUT2D eigenvalue weighted by molar-refractivity contribution is 0.223. The molecule has 0 bridgehead atoms. The molecule has 0 fully saturated rings. The van der Waals surface area contributed by atoms with E-state index in [0.29, 0.717) is 36.4 Å². The van der Waals surface area contributed by atoms with Crippen LogP contribution in [0.2, 0.25) is 0 Å². The van der Waals surface area contributed by atoms with Gasteiger partial charge >= 0.3 is 0 Å². The van der Waals surface area contributed by atoms with Gasteiger partial charge in [0.1, 0.15) is 29.2 Å². The molecule has 0 saturated heterocycles. The van der Waals surface area contributed by atoms with Crippen molar-refractivity contribution in [3.63, 3.8) is 0 Å². The molecule has 0 radical (unpaired) electrons. The van der Waals surface area contributed by atoms with Crippen LogP contribution in [0.1, 0.15) is 12.7 Å². The van der Waals surface area contributed by atoms with E-state index >= 15 is 0 Å². The number of ether oxygens (including phenoxy) is 2. The fourth-order valence-electron chi connectivity index (χ4n) is 2.66. The Bertz CT molecular complexity index is 963. The van der Waals surface area contributed by atoms with Gasteiger partial charge in [-0.2, -0.15) is 5.10 Å². The zero-order valence-electron chi connectivity index (χ0n) is 17.6. The van der Waals surface area contributed by atoms with Crippen molar-refractivity contribution in [2.45, 2.75) is 19.6 Å². The minimum Gasteiger partial charge on any atom is -0.497 e. The van der Waals surface area contributed by atoms with Crippen molar-refractivity contribution in [1.82, 2.24) is 25.8 Å². The summed E-state index contributed by atoms with van der Waals surface area (Å²) in [7, 11) is 3.31. The van der Waals surface area contributed by atoms with Gasteiger partial charge in [-0.25, -0.2) is 9.37 Å². The molecule has 1 heterocycles. The number of methoxy groups -OCH3 is 1. The molecule has 10 heteroatoms. The van der Waals surface area contributed by atoms with Gasteiger partial charge < -0.3 is 20.1 Å². The van der Waals surface area contributed by atoms with Gasteiger partial charge in [-0.3, -0.25) is 10.1 Å². The number of hydrogen-bond acceptors (Lipinski definition) is 5. The largest absolute Gasteiger partial charge is 0.497 e. The zero-order valence-corrected chi connectivity index (χ0v) is 19.9. The lowest BCUT2D eigenvalue weighted by Gasteiger charge is -2.17. The SMILES string of the molecule is CN=C(NCc1nc(-c2ccc(OC)cc2)n[nH]1)NCC(C)Oc1ccc(F)cc1.I. The summed E-state index contributed by atoms with van der Waals surface area (Å²) in [5.41, 5.74) is 0.896. The van der Waals surface area contributed by atoms with E-state index in [0.717, 1.165) is 11.3 Å². The van der Waals surface area contributed by atoms with Crippen LogP contribution in [-0.2, 0) is 6.54 Å². The van der Waals surface area contributed by atoms with E-state index in [1.165, 1.54) is 12.1 Å². The first-order chi connectivity index (χ1) is 14.6. The van der Waals surface area contributed by atoms with E-state index in [1.54, 1.807) is 26.3 Å². The number of hydrogen-bond donors (Lipinski definition) is 3. The van der Waals surface area contributed by atoms with Gasteiger partial charge in [-0.15, -0.1) is 24.0 Å². The average Bonchev–Trinajstić information content (AvgIpc) is 3.24. The standard InChI is InChI=1S/C21H25FN6O2.HI/c1-14(30-18-10-6-16(22)7-11-18)12-24-21(23-2)25-13-19-26-20(28-27-19)15-4-8-17(29-3)9-5-15;/h4-11,14H,12-13H2,1-3H3,(H2,23,24,25)(H,26,27,28);1H. The van der Waals surface area contributed by atoms with Crippen LogP contribution >= 0.6 is 24.0 Å². The van der Waals surface area contributed by atoms with Gasteiger partial charge in [-0.1, -0.05) is 0 Å². The Kier molecular flexibility index (Phi) is 9.50. The summed E-state index contributed by atoms with van der Waals surface area (Å²) < 4.78 is 23.9. The normalized spacial score (nSPS) is 11.9. The maximum Gasteiger partial charge on any atom is 0.191 e. The Labute approximate surface area is 197 Å². The molecule has 0 aliphatic heterocycles. The molecule has 0 aliphatic carbocycles. The minimum absolute atomic E-state index is 0. The van der Waals surface area contributed by atoms with Crippen LogP contribution in [0.15, 0.2) is 53.5 Å². The molecule has 3 N–H and O–H groups in total. The molecule has 0 spiro atoms. The molecule has 0 amide bonds. The minimum atomic E-state index is -0.291. The first-order valence-corrected chi connectivity index (χ1v) is 9.50. The molecular weight excluding hydrogens is 514 g/mol. The quantitative estimate of drug-likeness (QED) is 0.231. The van der Waals surface area contributed by atoms with Crippen LogP contribution < -0.4 is 20.1 Å². The Hall–Kier alpha value is -2.89. The number of aromatic nitrogens is 3. The molecule has 31 heavy (non-hydrogen) atoms. The third-order valence-electron chi connectivity index (χ3n) is 4.23. The van der Waals surface area contributed by atoms with Gasteiger partial charge in [0.05, 0.1) is 20.2 Å². The summed E-state index contributed by atoms with van der Waals surface area (Å²) in [6.07, 6.45) is -0.138. The fourth-order valence-corrected chi connectivity index (χ4v) is 2.66. The number of nitrogens with one attached hydrogen (secondary N) is 3. The molecule has 1 aromatic heterocycles. The highest BCUT2D eigenvalue weighted by molar-refractivity contribution is 14.0. The molecule has 0 saturated carbocycles. The molecule has 3 rings (SSSR count). The summed E-state index contributed by atoms with van der Waals surface area (Å²) in [5, 5.41) is 13.5. The molecular formula is C21H26FIN6O2. The topological polar surface area (TPSA) is 96.5 Å². The van der Waals surface area contributed by atoms with E-state index < -0.39 is 0 Å². The lowest BCUT2D eigenvalue weighted by Crippen LogP contribution is -2.41. The number of nitrogens with zero attached hydrogens (tertiary/aromatic N) is 3. The average molecular weight is 540 g/mol. The van der Waals surface area contributed by atoms with Crippen molar-refractivity contribution in [3.8, 4) is 22.9 Å². The Balaban J connectivity index is 0.00000341. The van der Waals surface area contributed by atoms with E-state index in [2.05, 4.69) is 30.8 Å². The predicted molar refractivity (Wildman–Crippen MR) is 128 cm³/mol. The van der Waals surface area contributed by atoms with Crippen LogP contribution in [0.4, 0.5) is 4.39 Å². The van der Waals surface area contributed by atoms with Gasteiger partial charge in [-0.05, 0) is 55.5 Å².